The van der Waals surface area contributed by atoms with Gasteiger partial charge in [0.2, 0.25) is 0 Å². The molecule has 0 radical (unpaired) electrons. The number of hydrogen-bond donors (Lipinski definition) is 0. The van der Waals surface area contributed by atoms with Crippen LogP contribution in [0.3, 0.4) is 0 Å². The van der Waals surface area contributed by atoms with Gasteiger partial charge in [0.05, 0.1) is 18.3 Å². The van der Waals surface area contributed by atoms with Crippen molar-refractivity contribution >= 4 is 11.2 Å². The summed E-state index contributed by atoms with van der Waals surface area (Å²) in [4.78, 5) is 16.0. The molecule has 1 aromatic carbocycles. The van der Waals surface area contributed by atoms with Crippen molar-refractivity contribution in [3.63, 3.8) is 0 Å². The van der Waals surface area contributed by atoms with E-state index in [1.54, 1.807) is 9.19 Å². The number of fused-ring (bicyclic) bond motifs is 2. The number of allylic oxidation sites excluding steroid dienone is 2. The maximum absolute atomic E-state index is 13.4. The van der Waals surface area contributed by atoms with Gasteiger partial charge in [-0.2, -0.15) is 9.77 Å². The lowest BCUT2D eigenvalue weighted by Gasteiger charge is -2.37. The summed E-state index contributed by atoms with van der Waals surface area (Å²) >= 11 is 0. The lowest BCUT2D eigenvalue weighted by atomic mass is 9.93. The molecule has 2 aromatic heterocycles. The van der Waals surface area contributed by atoms with Crippen LogP contribution < -0.4 is 10.6 Å². The molecule has 2 aliphatic rings. The van der Waals surface area contributed by atoms with Crippen molar-refractivity contribution in [1.82, 2.24) is 19.2 Å². The van der Waals surface area contributed by atoms with Crippen molar-refractivity contribution in [2.24, 2.45) is 0 Å². The molecule has 35 heavy (non-hydrogen) atoms. The average molecular weight is 474 g/mol. The van der Waals surface area contributed by atoms with Crippen LogP contribution in [0.25, 0.3) is 5.52 Å². The van der Waals surface area contributed by atoms with Crippen molar-refractivity contribution in [3.8, 4) is 0 Å². The van der Waals surface area contributed by atoms with Gasteiger partial charge in [0.15, 0.2) is 5.82 Å². The summed E-state index contributed by atoms with van der Waals surface area (Å²) < 4.78 is 3.54. The second kappa shape index (κ2) is 12.0. The molecule has 6 heteroatoms. The Hall–Kier alpha value is -3.12. The van der Waals surface area contributed by atoms with Crippen molar-refractivity contribution in [1.29, 1.82) is 0 Å². The third-order valence-electron chi connectivity index (χ3n) is 7.01. The summed E-state index contributed by atoms with van der Waals surface area (Å²) in [7, 11) is 0. The van der Waals surface area contributed by atoms with Gasteiger partial charge >= 0.3 is 0 Å². The zero-order valence-corrected chi connectivity index (χ0v) is 21.2. The largest absolute Gasteiger partial charge is 0.297 e. The second-order valence-electron chi connectivity index (χ2n) is 9.33. The van der Waals surface area contributed by atoms with E-state index in [4.69, 9.17) is 5.10 Å². The highest BCUT2D eigenvalue weighted by molar-refractivity contribution is 5.51. The van der Waals surface area contributed by atoms with Crippen LogP contribution in [-0.2, 0) is 0 Å². The Morgan fingerprint density at radius 3 is 2.54 bits per heavy atom. The fraction of sp³-hybridized carbons (Fsp3) is 0.448. The third-order valence-corrected chi connectivity index (χ3v) is 7.01. The molecule has 1 atom stereocenters. The van der Waals surface area contributed by atoms with Crippen LogP contribution in [0.5, 0.6) is 0 Å². The summed E-state index contributed by atoms with van der Waals surface area (Å²) in [5, 5.41) is 7.03. The Bertz CT molecular complexity index is 1170. The minimum Gasteiger partial charge on any atom is -0.289 e. The first-order chi connectivity index (χ1) is 17.2. The highest BCUT2D eigenvalue weighted by Gasteiger charge is 2.39. The Labute approximate surface area is 209 Å². The number of aromatic nitrogens is 3. The number of benzene rings is 1. The van der Waals surface area contributed by atoms with E-state index in [-0.39, 0.29) is 11.6 Å². The number of hydrogen-bond acceptors (Lipinski definition) is 4. The normalized spacial score (nSPS) is 18.1. The highest BCUT2D eigenvalue weighted by Crippen LogP contribution is 2.35. The lowest BCUT2D eigenvalue weighted by Crippen LogP contribution is -2.42. The molecule has 0 saturated heterocycles. The van der Waals surface area contributed by atoms with Crippen LogP contribution in [0.2, 0.25) is 0 Å². The predicted molar refractivity (Wildman–Crippen MR) is 145 cm³/mol. The minimum absolute atomic E-state index is 0.0105. The quantitative estimate of drug-likeness (QED) is 0.395. The number of anilines is 1. The highest BCUT2D eigenvalue weighted by atomic mass is 16.1. The van der Waals surface area contributed by atoms with Gasteiger partial charge in [0.1, 0.15) is 5.52 Å². The molecule has 0 bridgehead atoms. The average Bonchev–Trinajstić information content (AvgIpc) is 3.52. The molecule has 3 aromatic rings. The van der Waals surface area contributed by atoms with Crippen LogP contribution >= 0.6 is 0 Å². The van der Waals surface area contributed by atoms with Gasteiger partial charge in [-0.15, -0.1) is 6.58 Å². The van der Waals surface area contributed by atoms with Crippen molar-refractivity contribution < 1.29 is 0 Å². The first-order valence-electron chi connectivity index (χ1n) is 13.1. The van der Waals surface area contributed by atoms with Crippen LogP contribution in [0.15, 0.2) is 78.3 Å². The van der Waals surface area contributed by atoms with Gasteiger partial charge in [0.25, 0.3) is 5.56 Å². The fourth-order valence-electron chi connectivity index (χ4n) is 5.32. The first-order valence-corrected chi connectivity index (χ1v) is 13.1. The summed E-state index contributed by atoms with van der Waals surface area (Å²) in [5.41, 5.74) is 1.62. The van der Waals surface area contributed by atoms with Crippen molar-refractivity contribution in [3.05, 3.63) is 89.6 Å². The molecule has 1 saturated carbocycles. The Morgan fingerprint density at radius 1 is 1.11 bits per heavy atom. The molecule has 3 heterocycles. The van der Waals surface area contributed by atoms with E-state index in [0.717, 1.165) is 37.4 Å². The van der Waals surface area contributed by atoms with E-state index in [2.05, 4.69) is 47.7 Å². The van der Waals surface area contributed by atoms with Gasteiger partial charge in [-0.05, 0) is 56.9 Å². The Kier molecular flexibility index (Phi) is 8.59. The zero-order valence-electron chi connectivity index (χ0n) is 21.2. The van der Waals surface area contributed by atoms with Gasteiger partial charge in [-0.3, -0.25) is 14.7 Å². The first kappa shape index (κ1) is 25.0. The zero-order chi connectivity index (χ0) is 24.6. The summed E-state index contributed by atoms with van der Waals surface area (Å²) in [5.74, 6) is 0.835. The van der Waals surface area contributed by atoms with E-state index >= 15 is 0 Å². The molecular weight excluding hydrogens is 434 g/mol. The van der Waals surface area contributed by atoms with Crippen LogP contribution in [-0.4, -0.2) is 38.3 Å². The van der Waals surface area contributed by atoms with E-state index in [9.17, 15) is 4.79 Å². The molecule has 0 amide bonds. The Balaban J connectivity index is 0.000000527. The van der Waals surface area contributed by atoms with Crippen molar-refractivity contribution in [2.45, 2.75) is 70.9 Å². The van der Waals surface area contributed by atoms with E-state index in [0.29, 0.717) is 11.6 Å². The molecule has 1 fully saturated rings. The van der Waals surface area contributed by atoms with E-state index < -0.39 is 0 Å². The molecule has 1 aliphatic heterocycles. The maximum Gasteiger partial charge on any atom is 0.297 e. The maximum atomic E-state index is 13.4. The topological polar surface area (TPSA) is 45.8 Å². The number of rotatable bonds is 7. The van der Waals surface area contributed by atoms with E-state index in [1.165, 1.54) is 32.1 Å². The van der Waals surface area contributed by atoms with Gasteiger partial charge < -0.3 is 0 Å². The molecule has 0 spiro atoms. The summed E-state index contributed by atoms with van der Waals surface area (Å²) in [6.45, 7) is 9.78. The lowest BCUT2D eigenvalue weighted by molar-refractivity contribution is 0.110. The molecule has 0 N–H and O–H groups in total. The second-order valence-corrected chi connectivity index (χ2v) is 9.33. The molecule has 1 unspecified atom stereocenters. The monoisotopic (exact) mass is 473 g/mol. The standard InChI is InChI=1S/C24H29N5O.C5H10/c1-2-3-16-26(19-11-6-4-7-12-19)22-18-28(20-13-8-5-9-14-20)29-23(22)25-27-17-10-15-21(27)24(29)30;1-3-5-4-2/h2,5,8-10,13-15,17,19,22H,1,3-4,6-7,11-12,16,18H2;3,5H,4H2,1-2H3/b;5-3-. The van der Waals surface area contributed by atoms with Crippen molar-refractivity contribution in [2.75, 3.05) is 18.1 Å². The molecular formula is C29H39N5O. The minimum atomic E-state index is -0.0105. The SMILES string of the molecule is C/C=C\CC.C=CCCN(C1CCCCC1)C1CN(c2ccccc2)n2c1nn1cccc1c2=O. The smallest absolute Gasteiger partial charge is 0.289 e. The van der Waals surface area contributed by atoms with Gasteiger partial charge in [-0.1, -0.05) is 62.6 Å². The molecule has 1 aliphatic carbocycles. The molecule has 6 nitrogen and oxygen atoms in total. The van der Waals surface area contributed by atoms with E-state index in [1.807, 2.05) is 49.5 Å². The fourth-order valence-corrected chi connectivity index (χ4v) is 5.32. The molecule has 186 valence electrons. The number of para-hydroxylation sites is 1. The third kappa shape index (κ3) is 5.43. The van der Waals surface area contributed by atoms with Crippen LogP contribution in [0.1, 0.15) is 70.7 Å². The van der Waals surface area contributed by atoms with Crippen LogP contribution in [0.4, 0.5) is 5.69 Å². The molecule has 5 rings (SSSR count). The van der Waals surface area contributed by atoms with Crippen LogP contribution in [0, 0.1) is 0 Å². The van der Waals surface area contributed by atoms with Gasteiger partial charge in [-0.25, -0.2) is 4.52 Å². The van der Waals surface area contributed by atoms with Gasteiger partial charge in [0, 0.05) is 18.8 Å². The summed E-state index contributed by atoms with van der Waals surface area (Å²) in [6.07, 6.45) is 16.5. The predicted octanol–water partition coefficient (Wildman–Crippen LogP) is 6.00. The number of nitrogens with zero attached hydrogens (tertiary/aromatic N) is 5. The Morgan fingerprint density at radius 2 is 1.89 bits per heavy atom. The summed E-state index contributed by atoms with van der Waals surface area (Å²) in [6, 6.07) is 14.5.